The van der Waals surface area contributed by atoms with E-state index in [0.717, 1.165) is 11.1 Å². The molecule has 7 nitrogen and oxygen atoms in total. The lowest BCUT2D eigenvalue weighted by molar-refractivity contribution is 0.0457. The summed E-state index contributed by atoms with van der Waals surface area (Å²) < 4.78 is 8.79. The van der Waals surface area contributed by atoms with E-state index < -0.39 is 5.97 Å². The zero-order chi connectivity index (χ0) is 22.8. The van der Waals surface area contributed by atoms with Gasteiger partial charge in [0, 0.05) is 16.6 Å². The van der Waals surface area contributed by atoms with Crippen molar-refractivity contribution >= 4 is 51.8 Å². The highest BCUT2D eigenvalue weighted by molar-refractivity contribution is 6.33. The number of aromatic nitrogens is 4. The second-order valence-electron chi connectivity index (χ2n) is 7.11. The summed E-state index contributed by atoms with van der Waals surface area (Å²) in [5.41, 5.74) is 2.90. The summed E-state index contributed by atoms with van der Waals surface area (Å²) in [6.07, 6.45) is 0. The molecule has 32 heavy (non-hydrogen) atoms. The second kappa shape index (κ2) is 9.50. The van der Waals surface area contributed by atoms with Crippen LogP contribution in [0.4, 0.5) is 0 Å². The molecule has 4 rings (SSSR count). The predicted octanol–water partition coefficient (Wildman–Crippen LogP) is 4.90. The quantitative estimate of drug-likeness (QED) is 0.370. The minimum atomic E-state index is -0.612. The molecule has 0 aliphatic heterocycles. The van der Waals surface area contributed by atoms with Gasteiger partial charge in [0.15, 0.2) is 0 Å². The Kier molecular flexibility index (Phi) is 6.71. The highest BCUT2D eigenvalue weighted by atomic mass is 35.5. The average Bonchev–Trinajstić information content (AvgIpc) is 3.24. The summed E-state index contributed by atoms with van der Waals surface area (Å²) in [7, 11) is 0. The predicted molar refractivity (Wildman–Crippen MR) is 123 cm³/mol. The third kappa shape index (κ3) is 4.47. The average molecular weight is 494 g/mol. The van der Waals surface area contributed by atoms with Crippen LogP contribution in [0.15, 0.2) is 42.5 Å². The molecule has 2 aromatic carbocycles. The van der Waals surface area contributed by atoms with Crippen molar-refractivity contribution < 1.29 is 14.6 Å². The van der Waals surface area contributed by atoms with E-state index in [1.54, 1.807) is 35.8 Å². The zero-order valence-electron chi connectivity index (χ0n) is 17.1. The minimum absolute atomic E-state index is 0.0985. The van der Waals surface area contributed by atoms with Gasteiger partial charge in [-0.05, 0) is 36.8 Å². The fraction of sp³-hybridized carbons (Fsp3) is 0.227. The Labute approximate surface area is 199 Å². The lowest BCUT2D eigenvalue weighted by Crippen LogP contribution is -2.12. The Morgan fingerprint density at radius 1 is 1.16 bits per heavy atom. The first-order valence-corrected chi connectivity index (χ1v) is 10.9. The Bertz CT molecular complexity index is 1300. The van der Waals surface area contributed by atoms with E-state index in [1.807, 2.05) is 18.2 Å². The van der Waals surface area contributed by atoms with E-state index in [-0.39, 0.29) is 23.9 Å². The molecule has 0 saturated heterocycles. The number of fused-ring (bicyclic) bond motifs is 1. The molecule has 0 saturated carbocycles. The number of carbonyl (C=O) groups is 1. The molecule has 166 valence electrons. The van der Waals surface area contributed by atoms with Gasteiger partial charge in [-0.25, -0.2) is 14.5 Å². The van der Waals surface area contributed by atoms with Gasteiger partial charge in [-0.15, -0.1) is 0 Å². The third-order valence-corrected chi connectivity index (χ3v) is 5.98. The van der Waals surface area contributed by atoms with Crippen molar-refractivity contribution in [2.45, 2.75) is 26.6 Å². The number of halogens is 3. The second-order valence-corrected chi connectivity index (χ2v) is 8.31. The number of rotatable bonds is 7. The molecule has 0 radical (unpaired) electrons. The van der Waals surface area contributed by atoms with Gasteiger partial charge in [-0.1, -0.05) is 53.0 Å². The molecule has 0 atom stereocenters. The third-order valence-electron chi connectivity index (χ3n) is 4.99. The zero-order valence-corrected chi connectivity index (χ0v) is 19.3. The molecule has 2 aromatic heterocycles. The molecule has 4 aromatic rings. The minimum Gasteiger partial charge on any atom is -0.454 e. The molecule has 0 bridgehead atoms. The van der Waals surface area contributed by atoms with Crippen LogP contribution in [0, 0.1) is 6.92 Å². The summed E-state index contributed by atoms with van der Waals surface area (Å²) in [5.74, 6) is -0.125. The molecular weight excluding hydrogens is 475 g/mol. The molecule has 0 fully saturated rings. The number of hydrogen-bond donors (Lipinski definition) is 1. The molecular formula is C22H19Cl3N4O3. The molecule has 10 heteroatoms. The van der Waals surface area contributed by atoms with Crippen LogP contribution < -0.4 is 0 Å². The van der Waals surface area contributed by atoms with Crippen molar-refractivity contribution in [3.63, 3.8) is 0 Å². The van der Waals surface area contributed by atoms with Crippen LogP contribution in [-0.2, 0) is 24.4 Å². The fourth-order valence-electron chi connectivity index (χ4n) is 3.49. The van der Waals surface area contributed by atoms with Gasteiger partial charge >= 0.3 is 5.97 Å². The van der Waals surface area contributed by atoms with Crippen molar-refractivity contribution in [1.29, 1.82) is 0 Å². The van der Waals surface area contributed by atoms with Gasteiger partial charge in [0.05, 0.1) is 29.9 Å². The molecule has 0 amide bonds. The summed E-state index contributed by atoms with van der Waals surface area (Å²) in [6.45, 7) is 2.10. The lowest BCUT2D eigenvalue weighted by atomic mass is 10.2. The maximum absolute atomic E-state index is 12.8. The maximum Gasteiger partial charge on any atom is 0.343 e. The van der Waals surface area contributed by atoms with Crippen LogP contribution in [0.2, 0.25) is 15.2 Å². The normalized spacial score (nSPS) is 11.3. The maximum atomic E-state index is 12.8. The number of imidazole rings is 1. The number of aryl methyl sites for hydroxylation is 1. The van der Waals surface area contributed by atoms with E-state index >= 15 is 0 Å². The highest BCUT2D eigenvalue weighted by Crippen LogP contribution is 2.25. The van der Waals surface area contributed by atoms with Gasteiger partial charge < -0.3 is 14.4 Å². The van der Waals surface area contributed by atoms with Gasteiger partial charge in [0.25, 0.3) is 0 Å². The first kappa shape index (κ1) is 22.6. The molecule has 0 aliphatic carbocycles. The van der Waals surface area contributed by atoms with E-state index in [0.29, 0.717) is 40.2 Å². The molecule has 0 spiro atoms. The van der Waals surface area contributed by atoms with Crippen LogP contribution in [0.5, 0.6) is 0 Å². The van der Waals surface area contributed by atoms with E-state index in [1.165, 1.54) is 4.68 Å². The largest absolute Gasteiger partial charge is 0.454 e. The molecule has 2 heterocycles. The molecule has 1 N–H and O–H groups in total. The van der Waals surface area contributed by atoms with Crippen LogP contribution in [0.3, 0.4) is 0 Å². The number of hydrogen-bond acceptors (Lipinski definition) is 5. The number of esters is 1. The molecule has 0 aliphatic rings. The van der Waals surface area contributed by atoms with E-state index in [9.17, 15) is 9.90 Å². The number of aliphatic hydroxyl groups excluding tert-OH is 1. The van der Waals surface area contributed by atoms with Crippen molar-refractivity contribution in [1.82, 2.24) is 19.3 Å². The van der Waals surface area contributed by atoms with E-state index in [4.69, 9.17) is 39.5 Å². The summed E-state index contributed by atoms with van der Waals surface area (Å²) in [4.78, 5) is 17.3. The number of benzene rings is 2. The number of carbonyl (C=O) groups excluding carboxylic acids is 1. The first-order valence-electron chi connectivity index (χ1n) is 9.78. The highest BCUT2D eigenvalue weighted by Gasteiger charge is 2.23. The Morgan fingerprint density at radius 3 is 2.69 bits per heavy atom. The van der Waals surface area contributed by atoms with Crippen LogP contribution >= 0.6 is 34.8 Å². The lowest BCUT2D eigenvalue weighted by Gasteiger charge is -2.09. The number of aliphatic hydroxyl groups is 1. The van der Waals surface area contributed by atoms with Gasteiger partial charge in [0.2, 0.25) is 0 Å². The Hall–Kier alpha value is -2.58. The van der Waals surface area contributed by atoms with Crippen molar-refractivity contribution in [2.24, 2.45) is 0 Å². The molecule has 0 unspecified atom stereocenters. The van der Waals surface area contributed by atoms with Crippen molar-refractivity contribution in [3.05, 3.63) is 80.3 Å². The summed E-state index contributed by atoms with van der Waals surface area (Å²) in [5, 5.41) is 15.1. The SMILES string of the molecule is Cc1nn(Cc2ccccc2Cl)c(Cl)c1C(=O)OCc1nc2ccc(Cl)cc2n1CCO. The van der Waals surface area contributed by atoms with Crippen LogP contribution in [-0.4, -0.2) is 37.0 Å². The standard InChI is InChI=1S/C22H19Cl3N4O3/c1-13-20(21(25)29(27-13)11-14-4-2-3-5-16(14)24)22(31)32-12-19-26-17-7-6-15(23)10-18(17)28(19)8-9-30/h2-7,10,30H,8-9,11-12H2,1H3. The summed E-state index contributed by atoms with van der Waals surface area (Å²) in [6, 6.07) is 12.6. The summed E-state index contributed by atoms with van der Waals surface area (Å²) >= 11 is 18.8. The first-order chi connectivity index (χ1) is 15.4. The van der Waals surface area contributed by atoms with Crippen LogP contribution in [0.25, 0.3) is 11.0 Å². The van der Waals surface area contributed by atoms with Crippen molar-refractivity contribution in [2.75, 3.05) is 6.61 Å². The number of ether oxygens (including phenoxy) is 1. The van der Waals surface area contributed by atoms with Crippen molar-refractivity contribution in [3.8, 4) is 0 Å². The van der Waals surface area contributed by atoms with Gasteiger partial charge in [0.1, 0.15) is 23.1 Å². The Balaban J connectivity index is 1.56. The van der Waals surface area contributed by atoms with Gasteiger partial charge in [-0.2, -0.15) is 5.10 Å². The smallest absolute Gasteiger partial charge is 0.343 e. The monoisotopic (exact) mass is 492 g/mol. The van der Waals surface area contributed by atoms with Crippen LogP contribution in [0.1, 0.15) is 27.4 Å². The number of nitrogens with zero attached hydrogens (tertiary/aromatic N) is 4. The van der Waals surface area contributed by atoms with E-state index in [2.05, 4.69) is 10.1 Å². The van der Waals surface area contributed by atoms with Gasteiger partial charge in [-0.3, -0.25) is 0 Å². The topological polar surface area (TPSA) is 82.2 Å². The Morgan fingerprint density at radius 2 is 1.94 bits per heavy atom. The fourth-order valence-corrected chi connectivity index (χ4v) is 4.16.